The van der Waals surface area contributed by atoms with Gasteiger partial charge in [-0.3, -0.25) is 0 Å². The van der Waals surface area contributed by atoms with Crippen LogP contribution in [0.15, 0.2) is 36.4 Å². The molecule has 0 saturated carbocycles. The molecular formula is C17H20N2O2. The van der Waals surface area contributed by atoms with Crippen molar-refractivity contribution in [2.75, 3.05) is 26.3 Å². The number of hydrogen-bond donors (Lipinski definition) is 2. The lowest BCUT2D eigenvalue weighted by atomic mass is 10.1. The van der Waals surface area contributed by atoms with Crippen molar-refractivity contribution in [3.63, 3.8) is 0 Å². The molecule has 2 aromatic carbocycles. The van der Waals surface area contributed by atoms with Gasteiger partial charge in [0, 0.05) is 13.1 Å². The first-order valence-corrected chi connectivity index (χ1v) is 7.24. The first-order chi connectivity index (χ1) is 10.3. The second kappa shape index (κ2) is 6.16. The Morgan fingerprint density at radius 3 is 1.67 bits per heavy atom. The standard InChI is InChI=1S/C17H20N2O2/c18-5-7-20-14-1-3-16-12(10-14)9-13-11-15(21-8-6-19)2-4-17(13)16/h1-4,10-11H,5-9,18-19H2. The molecule has 1 aliphatic carbocycles. The Hall–Kier alpha value is -2.04. The fourth-order valence-corrected chi connectivity index (χ4v) is 2.70. The highest BCUT2D eigenvalue weighted by Crippen LogP contribution is 2.39. The average Bonchev–Trinajstić information content (AvgIpc) is 2.87. The van der Waals surface area contributed by atoms with Crippen LogP contribution in [0.3, 0.4) is 0 Å². The van der Waals surface area contributed by atoms with E-state index in [1.165, 1.54) is 22.3 Å². The molecule has 0 saturated heterocycles. The van der Waals surface area contributed by atoms with Crippen LogP contribution in [0.2, 0.25) is 0 Å². The summed E-state index contributed by atoms with van der Waals surface area (Å²) in [6.07, 6.45) is 0.907. The molecule has 0 radical (unpaired) electrons. The van der Waals surface area contributed by atoms with Gasteiger partial charge in [0.1, 0.15) is 24.7 Å². The predicted octanol–water partition coefficient (Wildman–Crippen LogP) is 1.93. The summed E-state index contributed by atoms with van der Waals surface area (Å²) in [5.74, 6) is 1.76. The molecular weight excluding hydrogens is 264 g/mol. The van der Waals surface area contributed by atoms with Crippen LogP contribution in [-0.4, -0.2) is 26.3 Å². The van der Waals surface area contributed by atoms with Crippen molar-refractivity contribution >= 4 is 0 Å². The van der Waals surface area contributed by atoms with E-state index in [1.54, 1.807) is 0 Å². The Kier molecular flexibility index (Phi) is 4.08. The third-order valence-corrected chi connectivity index (χ3v) is 3.60. The van der Waals surface area contributed by atoms with Gasteiger partial charge >= 0.3 is 0 Å². The van der Waals surface area contributed by atoms with Gasteiger partial charge in [-0.2, -0.15) is 0 Å². The number of benzene rings is 2. The number of rotatable bonds is 6. The molecule has 4 nitrogen and oxygen atoms in total. The van der Waals surface area contributed by atoms with Gasteiger partial charge in [0.25, 0.3) is 0 Å². The molecule has 4 N–H and O–H groups in total. The Bertz CT molecular complexity index is 585. The first-order valence-electron chi connectivity index (χ1n) is 7.24. The molecule has 3 rings (SSSR count). The van der Waals surface area contributed by atoms with Gasteiger partial charge in [-0.15, -0.1) is 0 Å². The van der Waals surface area contributed by atoms with Crippen LogP contribution >= 0.6 is 0 Å². The zero-order chi connectivity index (χ0) is 14.7. The Labute approximate surface area is 124 Å². The molecule has 0 fully saturated rings. The molecule has 0 atom stereocenters. The third-order valence-electron chi connectivity index (χ3n) is 3.60. The smallest absolute Gasteiger partial charge is 0.119 e. The normalized spacial score (nSPS) is 11.9. The van der Waals surface area contributed by atoms with Crippen molar-refractivity contribution in [1.82, 2.24) is 0 Å². The summed E-state index contributed by atoms with van der Waals surface area (Å²) in [4.78, 5) is 0. The summed E-state index contributed by atoms with van der Waals surface area (Å²) < 4.78 is 11.2. The van der Waals surface area contributed by atoms with Gasteiger partial charge in [-0.1, -0.05) is 12.1 Å². The number of ether oxygens (including phenoxy) is 2. The molecule has 0 aliphatic heterocycles. The van der Waals surface area contributed by atoms with Crippen molar-refractivity contribution in [3.8, 4) is 22.6 Å². The molecule has 0 bridgehead atoms. The zero-order valence-electron chi connectivity index (χ0n) is 12.0. The molecule has 21 heavy (non-hydrogen) atoms. The van der Waals surface area contributed by atoms with Crippen LogP contribution in [-0.2, 0) is 6.42 Å². The van der Waals surface area contributed by atoms with Crippen molar-refractivity contribution in [3.05, 3.63) is 47.5 Å². The molecule has 0 unspecified atom stereocenters. The largest absolute Gasteiger partial charge is 0.492 e. The lowest BCUT2D eigenvalue weighted by Gasteiger charge is -2.07. The topological polar surface area (TPSA) is 70.5 Å². The fraction of sp³-hybridized carbons (Fsp3) is 0.294. The van der Waals surface area contributed by atoms with Crippen molar-refractivity contribution in [2.24, 2.45) is 11.5 Å². The quantitative estimate of drug-likeness (QED) is 0.725. The summed E-state index contributed by atoms with van der Waals surface area (Å²) in [5.41, 5.74) is 16.1. The van der Waals surface area contributed by atoms with Crippen molar-refractivity contribution in [1.29, 1.82) is 0 Å². The van der Waals surface area contributed by atoms with Gasteiger partial charge in [-0.25, -0.2) is 0 Å². The summed E-state index contributed by atoms with van der Waals surface area (Å²) in [6, 6.07) is 12.4. The predicted molar refractivity (Wildman–Crippen MR) is 83.8 cm³/mol. The van der Waals surface area contributed by atoms with E-state index < -0.39 is 0 Å². The van der Waals surface area contributed by atoms with Crippen LogP contribution in [0.1, 0.15) is 11.1 Å². The van der Waals surface area contributed by atoms with E-state index in [4.69, 9.17) is 20.9 Å². The van der Waals surface area contributed by atoms with E-state index in [2.05, 4.69) is 24.3 Å². The molecule has 1 aliphatic rings. The molecule has 0 spiro atoms. The van der Waals surface area contributed by atoms with Crippen molar-refractivity contribution < 1.29 is 9.47 Å². The number of fused-ring (bicyclic) bond motifs is 3. The van der Waals surface area contributed by atoms with E-state index in [0.29, 0.717) is 26.3 Å². The maximum absolute atomic E-state index is 5.59. The minimum Gasteiger partial charge on any atom is -0.492 e. The highest BCUT2D eigenvalue weighted by molar-refractivity contribution is 5.78. The summed E-state index contributed by atoms with van der Waals surface area (Å²) >= 11 is 0. The lowest BCUT2D eigenvalue weighted by molar-refractivity contribution is 0.328. The highest BCUT2D eigenvalue weighted by atomic mass is 16.5. The van der Waals surface area contributed by atoms with Gasteiger partial charge in [0.15, 0.2) is 0 Å². The van der Waals surface area contributed by atoms with Crippen LogP contribution < -0.4 is 20.9 Å². The van der Waals surface area contributed by atoms with Crippen molar-refractivity contribution in [2.45, 2.75) is 6.42 Å². The Morgan fingerprint density at radius 2 is 1.24 bits per heavy atom. The van der Waals surface area contributed by atoms with E-state index >= 15 is 0 Å². The molecule has 0 amide bonds. The van der Waals surface area contributed by atoms with Gasteiger partial charge < -0.3 is 20.9 Å². The van der Waals surface area contributed by atoms with E-state index in [-0.39, 0.29) is 0 Å². The van der Waals surface area contributed by atoms with Crippen LogP contribution in [0, 0.1) is 0 Å². The monoisotopic (exact) mass is 284 g/mol. The number of nitrogens with two attached hydrogens (primary N) is 2. The highest BCUT2D eigenvalue weighted by Gasteiger charge is 2.19. The summed E-state index contributed by atoms with van der Waals surface area (Å²) in [5, 5.41) is 0. The lowest BCUT2D eigenvalue weighted by Crippen LogP contribution is -2.10. The van der Waals surface area contributed by atoms with Crippen LogP contribution in [0.25, 0.3) is 11.1 Å². The summed E-state index contributed by atoms with van der Waals surface area (Å²) in [7, 11) is 0. The molecule has 110 valence electrons. The van der Waals surface area contributed by atoms with E-state index in [0.717, 1.165) is 17.9 Å². The average molecular weight is 284 g/mol. The minimum atomic E-state index is 0.527. The Balaban J connectivity index is 1.83. The molecule has 0 heterocycles. The SMILES string of the molecule is NCCOc1ccc2c(c1)Cc1cc(OCCN)ccc1-2. The minimum absolute atomic E-state index is 0.527. The maximum Gasteiger partial charge on any atom is 0.119 e. The number of hydrogen-bond acceptors (Lipinski definition) is 4. The first kappa shape index (κ1) is 13.9. The van der Waals surface area contributed by atoms with Gasteiger partial charge in [0.05, 0.1) is 0 Å². The van der Waals surface area contributed by atoms with E-state index in [1.807, 2.05) is 12.1 Å². The maximum atomic E-state index is 5.59. The fourth-order valence-electron chi connectivity index (χ4n) is 2.70. The van der Waals surface area contributed by atoms with Crippen LogP contribution in [0.4, 0.5) is 0 Å². The van der Waals surface area contributed by atoms with Gasteiger partial charge in [0.2, 0.25) is 0 Å². The summed E-state index contributed by atoms with van der Waals surface area (Å²) in [6.45, 7) is 2.14. The molecule has 2 aromatic rings. The molecule has 4 heteroatoms. The zero-order valence-corrected chi connectivity index (χ0v) is 12.0. The second-order valence-corrected chi connectivity index (χ2v) is 5.09. The van der Waals surface area contributed by atoms with Gasteiger partial charge in [-0.05, 0) is 52.9 Å². The third kappa shape index (κ3) is 2.86. The van der Waals surface area contributed by atoms with E-state index in [9.17, 15) is 0 Å². The van der Waals surface area contributed by atoms with Crippen LogP contribution in [0.5, 0.6) is 11.5 Å². The molecule has 0 aromatic heterocycles. The second-order valence-electron chi connectivity index (χ2n) is 5.09. The Morgan fingerprint density at radius 1 is 0.762 bits per heavy atom.